The lowest BCUT2D eigenvalue weighted by molar-refractivity contribution is 0.0695. The normalized spacial score (nSPS) is 10.9. The fraction of sp³-hybridized carbons (Fsp3) is 0.417. The third kappa shape index (κ3) is 4.00. The summed E-state index contributed by atoms with van der Waals surface area (Å²) in [7, 11) is 0. The van der Waals surface area contributed by atoms with E-state index in [-0.39, 0.29) is 10.0 Å². The summed E-state index contributed by atoms with van der Waals surface area (Å²) in [4.78, 5) is 11.3. The third-order valence-electron chi connectivity index (χ3n) is 2.23. The SMILES string of the molecule is CC(C)CCSc1ccc(C(=O)O)c(Br)c1F. The molecule has 17 heavy (non-hydrogen) atoms. The standard InChI is InChI=1S/C12H14BrFO2S/c1-7(2)5-6-17-9-4-3-8(12(15)16)10(13)11(9)14/h3-4,7H,5-6H2,1-2H3,(H,15,16). The topological polar surface area (TPSA) is 37.3 Å². The highest BCUT2D eigenvalue weighted by molar-refractivity contribution is 9.10. The van der Waals surface area contributed by atoms with Crippen LogP contribution in [0, 0.1) is 11.7 Å². The van der Waals surface area contributed by atoms with Gasteiger partial charge in [-0.1, -0.05) is 13.8 Å². The van der Waals surface area contributed by atoms with Gasteiger partial charge in [0.05, 0.1) is 10.0 Å². The highest BCUT2D eigenvalue weighted by atomic mass is 79.9. The fourth-order valence-corrected chi connectivity index (χ4v) is 3.06. The molecule has 0 aliphatic rings. The molecule has 0 fully saturated rings. The van der Waals surface area contributed by atoms with Crippen molar-refractivity contribution in [2.45, 2.75) is 25.2 Å². The van der Waals surface area contributed by atoms with Crippen LogP contribution in [0.1, 0.15) is 30.6 Å². The van der Waals surface area contributed by atoms with E-state index in [2.05, 4.69) is 29.8 Å². The molecule has 5 heteroatoms. The van der Waals surface area contributed by atoms with Crippen molar-refractivity contribution in [1.29, 1.82) is 0 Å². The largest absolute Gasteiger partial charge is 0.478 e. The maximum Gasteiger partial charge on any atom is 0.336 e. The fourth-order valence-electron chi connectivity index (χ4n) is 1.21. The van der Waals surface area contributed by atoms with E-state index in [1.807, 2.05) is 0 Å². The Labute approximate surface area is 113 Å². The van der Waals surface area contributed by atoms with Gasteiger partial charge >= 0.3 is 5.97 Å². The Morgan fingerprint density at radius 1 is 1.53 bits per heavy atom. The van der Waals surface area contributed by atoms with E-state index in [1.165, 1.54) is 23.9 Å². The van der Waals surface area contributed by atoms with E-state index in [1.54, 1.807) is 0 Å². The van der Waals surface area contributed by atoms with Gasteiger partial charge in [0, 0.05) is 4.90 Å². The maximum atomic E-state index is 13.8. The molecule has 1 N–H and O–H groups in total. The molecule has 0 aliphatic carbocycles. The van der Waals surface area contributed by atoms with E-state index >= 15 is 0 Å². The minimum Gasteiger partial charge on any atom is -0.478 e. The maximum absolute atomic E-state index is 13.8. The minimum atomic E-state index is -1.13. The van der Waals surface area contributed by atoms with Crippen LogP contribution in [0.4, 0.5) is 4.39 Å². The molecule has 0 bridgehead atoms. The second kappa shape index (κ2) is 6.40. The zero-order valence-electron chi connectivity index (χ0n) is 9.67. The van der Waals surface area contributed by atoms with Crippen molar-refractivity contribution in [2.24, 2.45) is 5.92 Å². The highest BCUT2D eigenvalue weighted by Gasteiger charge is 2.15. The van der Waals surface area contributed by atoms with Gasteiger partial charge in [0.25, 0.3) is 0 Å². The first-order valence-electron chi connectivity index (χ1n) is 5.27. The number of carboxylic acid groups (broad SMARTS) is 1. The van der Waals surface area contributed by atoms with Gasteiger partial charge in [0.15, 0.2) is 5.82 Å². The van der Waals surface area contributed by atoms with Crippen LogP contribution in [-0.2, 0) is 0 Å². The molecule has 0 radical (unpaired) electrons. The van der Waals surface area contributed by atoms with Crippen LogP contribution >= 0.6 is 27.7 Å². The Bertz CT molecular complexity index is 421. The molecule has 2 nitrogen and oxygen atoms in total. The Morgan fingerprint density at radius 3 is 2.71 bits per heavy atom. The third-order valence-corrected chi connectivity index (χ3v) is 4.07. The average molecular weight is 321 g/mol. The van der Waals surface area contributed by atoms with Crippen molar-refractivity contribution in [3.63, 3.8) is 0 Å². The van der Waals surface area contributed by atoms with Gasteiger partial charge in [-0.05, 0) is 46.2 Å². The zero-order valence-corrected chi connectivity index (χ0v) is 12.1. The molecule has 0 heterocycles. The Balaban J connectivity index is 2.82. The molecule has 1 aromatic carbocycles. The molecular weight excluding hydrogens is 307 g/mol. The number of benzene rings is 1. The van der Waals surface area contributed by atoms with E-state index in [0.29, 0.717) is 10.8 Å². The molecule has 0 unspecified atom stereocenters. The number of hydrogen-bond donors (Lipinski definition) is 1. The van der Waals surface area contributed by atoms with Crippen molar-refractivity contribution < 1.29 is 14.3 Å². The lowest BCUT2D eigenvalue weighted by Gasteiger charge is -2.08. The van der Waals surface area contributed by atoms with Crippen molar-refractivity contribution in [1.82, 2.24) is 0 Å². The summed E-state index contributed by atoms with van der Waals surface area (Å²) in [5, 5.41) is 8.83. The first-order chi connectivity index (χ1) is 7.93. The summed E-state index contributed by atoms with van der Waals surface area (Å²) in [6, 6.07) is 2.95. The van der Waals surface area contributed by atoms with Gasteiger partial charge in [-0.15, -0.1) is 11.8 Å². The van der Waals surface area contributed by atoms with Gasteiger partial charge in [-0.3, -0.25) is 0 Å². The number of carbonyl (C=O) groups is 1. The number of aromatic carboxylic acids is 1. The summed E-state index contributed by atoms with van der Waals surface area (Å²) < 4.78 is 13.8. The van der Waals surface area contributed by atoms with Crippen LogP contribution in [-0.4, -0.2) is 16.8 Å². The molecular formula is C12H14BrFO2S. The van der Waals surface area contributed by atoms with Crippen LogP contribution < -0.4 is 0 Å². The molecule has 1 rings (SSSR count). The summed E-state index contributed by atoms with van der Waals surface area (Å²) in [6.07, 6.45) is 1.00. The van der Waals surface area contributed by atoms with Crippen molar-refractivity contribution in [3.05, 3.63) is 28.0 Å². The number of thioether (sulfide) groups is 1. The van der Waals surface area contributed by atoms with Gasteiger partial charge in [-0.25, -0.2) is 9.18 Å². The van der Waals surface area contributed by atoms with Gasteiger partial charge in [0.1, 0.15) is 0 Å². The molecule has 0 aliphatic heterocycles. The predicted octanol–water partition coefficient (Wildman–Crippen LogP) is 4.42. The Hall–Kier alpha value is -0.550. The first-order valence-corrected chi connectivity index (χ1v) is 7.05. The van der Waals surface area contributed by atoms with Crippen LogP contribution in [0.25, 0.3) is 0 Å². The second-order valence-corrected chi connectivity index (χ2v) is 6.01. The molecule has 94 valence electrons. The Morgan fingerprint density at radius 2 is 2.18 bits per heavy atom. The van der Waals surface area contributed by atoms with Crippen molar-refractivity contribution in [3.8, 4) is 0 Å². The first kappa shape index (κ1) is 14.5. The van der Waals surface area contributed by atoms with E-state index in [9.17, 15) is 9.18 Å². The molecule has 0 aromatic heterocycles. The molecule has 0 atom stereocenters. The van der Waals surface area contributed by atoms with E-state index < -0.39 is 11.8 Å². The summed E-state index contributed by atoms with van der Waals surface area (Å²) in [5.74, 6) is -0.214. The van der Waals surface area contributed by atoms with Crippen LogP contribution in [0.3, 0.4) is 0 Å². The molecule has 1 aromatic rings. The summed E-state index contributed by atoms with van der Waals surface area (Å²) in [5.41, 5.74) is -0.0456. The second-order valence-electron chi connectivity index (χ2n) is 4.08. The molecule has 0 saturated carbocycles. The lowest BCUT2D eigenvalue weighted by Crippen LogP contribution is -2.00. The zero-order chi connectivity index (χ0) is 13.0. The Kier molecular flexibility index (Phi) is 5.46. The van der Waals surface area contributed by atoms with Crippen LogP contribution in [0.15, 0.2) is 21.5 Å². The van der Waals surface area contributed by atoms with Gasteiger partial charge in [-0.2, -0.15) is 0 Å². The average Bonchev–Trinajstić information content (AvgIpc) is 2.23. The van der Waals surface area contributed by atoms with Crippen LogP contribution in [0.5, 0.6) is 0 Å². The van der Waals surface area contributed by atoms with Crippen molar-refractivity contribution >= 4 is 33.7 Å². The van der Waals surface area contributed by atoms with E-state index in [4.69, 9.17) is 5.11 Å². The number of carboxylic acids is 1. The molecule has 0 spiro atoms. The minimum absolute atomic E-state index is 0.0274. The van der Waals surface area contributed by atoms with Crippen LogP contribution in [0.2, 0.25) is 0 Å². The lowest BCUT2D eigenvalue weighted by atomic mass is 10.2. The number of rotatable bonds is 5. The summed E-state index contributed by atoms with van der Waals surface area (Å²) >= 11 is 4.40. The smallest absolute Gasteiger partial charge is 0.336 e. The van der Waals surface area contributed by atoms with Gasteiger partial charge in [0.2, 0.25) is 0 Å². The highest BCUT2D eigenvalue weighted by Crippen LogP contribution is 2.30. The molecule has 0 amide bonds. The van der Waals surface area contributed by atoms with Gasteiger partial charge < -0.3 is 5.11 Å². The molecule has 0 saturated heterocycles. The van der Waals surface area contributed by atoms with Crippen molar-refractivity contribution in [2.75, 3.05) is 5.75 Å². The quantitative estimate of drug-likeness (QED) is 0.816. The summed E-state index contributed by atoms with van der Waals surface area (Å²) in [6.45, 7) is 4.22. The number of hydrogen-bond acceptors (Lipinski definition) is 2. The predicted molar refractivity (Wildman–Crippen MR) is 71.2 cm³/mol. The van der Waals surface area contributed by atoms with E-state index in [0.717, 1.165) is 12.2 Å². The monoisotopic (exact) mass is 320 g/mol. The number of halogens is 2.